The lowest BCUT2D eigenvalue weighted by molar-refractivity contribution is -0.167. The Morgan fingerprint density at radius 2 is 0.696 bits per heavy atom. The van der Waals surface area contributed by atoms with Crippen molar-refractivity contribution in [3.8, 4) is 0 Å². The number of carbonyl (C=O) groups is 3. The third-order valence-electron chi connectivity index (χ3n) is 10.4. The molecule has 1 unspecified atom stereocenters. The number of hydrogen-bond donors (Lipinski definition) is 0. The van der Waals surface area contributed by atoms with Crippen molar-refractivity contribution in [2.24, 2.45) is 0 Å². The van der Waals surface area contributed by atoms with E-state index in [2.05, 4.69) is 57.2 Å². The molecule has 0 aliphatic heterocycles. The standard InChI is InChI=1S/C50H90O6/c1-4-7-10-13-16-19-22-25-28-31-34-37-40-43-49(52)55-46-47(45-54-48(51)42-39-36-33-30-27-24-21-18-15-12-9-6-3)56-50(53)44-41-38-35-32-29-26-23-20-17-14-11-8-5-2/h9,12,18,21,27,30,47H,4-8,10-11,13-17,19-20,22-26,28-29,31-46H2,1-3H3/b12-9-,21-18-,30-27-. The zero-order valence-corrected chi connectivity index (χ0v) is 37.2. The number of hydrogen-bond acceptors (Lipinski definition) is 6. The fourth-order valence-electron chi connectivity index (χ4n) is 6.81. The van der Waals surface area contributed by atoms with E-state index in [0.29, 0.717) is 19.3 Å². The van der Waals surface area contributed by atoms with Crippen LogP contribution in [0.25, 0.3) is 0 Å². The van der Waals surface area contributed by atoms with Crippen LogP contribution in [0.2, 0.25) is 0 Å². The van der Waals surface area contributed by atoms with Crippen LogP contribution in [0, 0.1) is 0 Å². The Kier molecular flexibility index (Phi) is 43.4. The Bertz CT molecular complexity index is 953. The van der Waals surface area contributed by atoms with Gasteiger partial charge in [0.05, 0.1) is 0 Å². The van der Waals surface area contributed by atoms with E-state index in [0.717, 1.165) is 77.0 Å². The summed E-state index contributed by atoms with van der Waals surface area (Å²) in [6, 6.07) is 0. The molecular weight excluding hydrogens is 697 g/mol. The molecule has 0 spiro atoms. The highest BCUT2D eigenvalue weighted by atomic mass is 16.6. The van der Waals surface area contributed by atoms with Gasteiger partial charge >= 0.3 is 17.9 Å². The van der Waals surface area contributed by atoms with Gasteiger partial charge in [-0.2, -0.15) is 0 Å². The minimum atomic E-state index is -0.780. The van der Waals surface area contributed by atoms with Crippen molar-refractivity contribution in [1.82, 2.24) is 0 Å². The molecule has 0 amide bonds. The first-order valence-electron chi connectivity index (χ1n) is 24.0. The van der Waals surface area contributed by atoms with Crippen LogP contribution in [-0.2, 0) is 28.6 Å². The van der Waals surface area contributed by atoms with Crippen LogP contribution >= 0.6 is 0 Å². The lowest BCUT2D eigenvalue weighted by Gasteiger charge is -2.18. The van der Waals surface area contributed by atoms with Gasteiger partial charge in [-0.05, 0) is 51.4 Å². The maximum absolute atomic E-state index is 12.7. The molecule has 326 valence electrons. The summed E-state index contributed by atoms with van der Waals surface area (Å²) in [5, 5.41) is 0. The Hall–Kier alpha value is -2.37. The molecule has 0 bridgehead atoms. The number of rotatable bonds is 43. The first-order valence-corrected chi connectivity index (χ1v) is 24.0. The van der Waals surface area contributed by atoms with Crippen LogP contribution in [0.3, 0.4) is 0 Å². The minimum Gasteiger partial charge on any atom is -0.462 e. The smallest absolute Gasteiger partial charge is 0.306 e. The molecule has 56 heavy (non-hydrogen) atoms. The van der Waals surface area contributed by atoms with Gasteiger partial charge in [-0.3, -0.25) is 14.4 Å². The zero-order valence-electron chi connectivity index (χ0n) is 37.2. The first-order chi connectivity index (χ1) is 27.5. The average Bonchev–Trinajstić information content (AvgIpc) is 3.19. The number of carbonyl (C=O) groups excluding carboxylic acids is 3. The lowest BCUT2D eigenvalue weighted by Crippen LogP contribution is -2.30. The van der Waals surface area contributed by atoms with Crippen molar-refractivity contribution in [2.75, 3.05) is 13.2 Å². The molecule has 0 heterocycles. The van der Waals surface area contributed by atoms with Gasteiger partial charge in [0.25, 0.3) is 0 Å². The Morgan fingerprint density at radius 1 is 0.375 bits per heavy atom. The maximum atomic E-state index is 12.7. The summed E-state index contributed by atoms with van der Waals surface area (Å²) in [6.07, 6.45) is 51.3. The number of ether oxygens (including phenoxy) is 3. The van der Waals surface area contributed by atoms with E-state index in [9.17, 15) is 14.4 Å². The average molecular weight is 787 g/mol. The number of unbranched alkanes of at least 4 members (excludes halogenated alkanes) is 26. The van der Waals surface area contributed by atoms with Crippen LogP contribution in [-0.4, -0.2) is 37.2 Å². The summed E-state index contributed by atoms with van der Waals surface area (Å²) < 4.78 is 16.7. The highest BCUT2D eigenvalue weighted by molar-refractivity contribution is 5.71. The maximum Gasteiger partial charge on any atom is 0.306 e. The fraction of sp³-hybridized carbons (Fsp3) is 0.820. The van der Waals surface area contributed by atoms with Crippen molar-refractivity contribution >= 4 is 17.9 Å². The molecule has 1 atom stereocenters. The quantitative estimate of drug-likeness (QED) is 0.0265. The molecular formula is C50H90O6. The molecule has 0 saturated heterocycles. The monoisotopic (exact) mass is 787 g/mol. The van der Waals surface area contributed by atoms with Gasteiger partial charge in [-0.25, -0.2) is 0 Å². The molecule has 0 aliphatic carbocycles. The summed E-state index contributed by atoms with van der Waals surface area (Å²) in [7, 11) is 0. The van der Waals surface area contributed by atoms with Crippen molar-refractivity contribution in [3.05, 3.63) is 36.5 Å². The molecule has 0 aromatic heterocycles. The second kappa shape index (κ2) is 45.3. The topological polar surface area (TPSA) is 78.9 Å². The van der Waals surface area contributed by atoms with Crippen molar-refractivity contribution in [2.45, 2.75) is 252 Å². The molecule has 6 nitrogen and oxygen atoms in total. The summed E-state index contributed by atoms with van der Waals surface area (Å²) in [6.45, 7) is 6.49. The Balaban J connectivity index is 4.39. The van der Waals surface area contributed by atoms with Crippen molar-refractivity contribution < 1.29 is 28.6 Å². The predicted molar refractivity (Wildman–Crippen MR) is 238 cm³/mol. The molecule has 0 rings (SSSR count). The second-order valence-electron chi connectivity index (χ2n) is 16.0. The van der Waals surface area contributed by atoms with E-state index >= 15 is 0 Å². The van der Waals surface area contributed by atoms with Gasteiger partial charge in [-0.15, -0.1) is 0 Å². The largest absolute Gasteiger partial charge is 0.462 e. The van der Waals surface area contributed by atoms with E-state index in [1.54, 1.807) is 0 Å². The number of allylic oxidation sites excluding steroid dienone is 6. The molecule has 0 aliphatic rings. The van der Waals surface area contributed by atoms with Crippen LogP contribution in [0.15, 0.2) is 36.5 Å². The minimum absolute atomic E-state index is 0.0803. The Labute approximate surface area is 346 Å². The third-order valence-corrected chi connectivity index (χ3v) is 10.4. The molecule has 0 aromatic rings. The van der Waals surface area contributed by atoms with Crippen molar-refractivity contribution in [3.63, 3.8) is 0 Å². The van der Waals surface area contributed by atoms with E-state index in [4.69, 9.17) is 14.2 Å². The van der Waals surface area contributed by atoms with Crippen LogP contribution in [0.5, 0.6) is 0 Å². The Morgan fingerprint density at radius 3 is 1.09 bits per heavy atom. The number of esters is 3. The van der Waals surface area contributed by atoms with Gasteiger partial charge < -0.3 is 14.2 Å². The summed E-state index contributed by atoms with van der Waals surface area (Å²) >= 11 is 0. The lowest BCUT2D eigenvalue weighted by atomic mass is 10.0. The first kappa shape index (κ1) is 53.6. The van der Waals surface area contributed by atoms with Gasteiger partial charge in [0.1, 0.15) is 13.2 Å². The fourth-order valence-corrected chi connectivity index (χ4v) is 6.81. The zero-order chi connectivity index (χ0) is 40.8. The van der Waals surface area contributed by atoms with E-state index in [-0.39, 0.29) is 31.1 Å². The molecule has 6 heteroatoms. The third kappa shape index (κ3) is 42.8. The summed E-state index contributed by atoms with van der Waals surface area (Å²) in [5.74, 6) is -0.914. The van der Waals surface area contributed by atoms with E-state index in [1.165, 1.54) is 128 Å². The van der Waals surface area contributed by atoms with Crippen LogP contribution in [0.4, 0.5) is 0 Å². The summed E-state index contributed by atoms with van der Waals surface area (Å²) in [5.41, 5.74) is 0. The molecule has 0 aromatic carbocycles. The molecule has 0 radical (unpaired) electrons. The van der Waals surface area contributed by atoms with Crippen LogP contribution in [0.1, 0.15) is 245 Å². The van der Waals surface area contributed by atoms with E-state index in [1.807, 2.05) is 0 Å². The second-order valence-corrected chi connectivity index (χ2v) is 16.0. The van der Waals surface area contributed by atoms with Gasteiger partial charge in [0.15, 0.2) is 6.10 Å². The predicted octanol–water partition coefficient (Wildman–Crippen LogP) is 15.4. The normalized spacial score (nSPS) is 12.3. The van der Waals surface area contributed by atoms with E-state index < -0.39 is 6.10 Å². The van der Waals surface area contributed by atoms with Gasteiger partial charge in [0.2, 0.25) is 0 Å². The molecule has 0 saturated carbocycles. The molecule has 0 N–H and O–H groups in total. The highest BCUT2D eigenvalue weighted by Crippen LogP contribution is 2.15. The highest BCUT2D eigenvalue weighted by Gasteiger charge is 2.19. The summed E-state index contributed by atoms with van der Waals surface area (Å²) in [4.78, 5) is 37.8. The molecule has 0 fully saturated rings. The van der Waals surface area contributed by atoms with Gasteiger partial charge in [0, 0.05) is 19.3 Å². The van der Waals surface area contributed by atoms with Gasteiger partial charge in [-0.1, -0.05) is 211 Å². The van der Waals surface area contributed by atoms with Crippen LogP contribution < -0.4 is 0 Å². The van der Waals surface area contributed by atoms with Crippen molar-refractivity contribution in [1.29, 1.82) is 0 Å². The SMILES string of the molecule is CC/C=C\C/C=C\C/C=C\CCCCC(=O)OCC(COC(=O)CCCCCCCCCCCCCCC)OC(=O)CCCCCCCCCCCCCCC.